The van der Waals surface area contributed by atoms with Crippen molar-refractivity contribution in [1.82, 2.24) is 0 Å². The molecule has 104 valence electrons. The van der Waals surface area contributed by atoms with Gasteiger partial charge in [0.05, 0.1) is 19.3 Å². The van der Waals surface area contributed by atoms with E-state index in [1.807, 2.05) is 0 Å². The molecule has 5 atom stereocenters. The van der Waals surface area contributed by atoms with Crippen molar-refractivity contribution in [3.8, 4) is 0 Å². The fraction of sp³-hybridized carbons (Fsp3) is 0.833. The molecule has 0 aromatic carbocycles. The first-order valence-corrected chi connectivity index (χ1v) is 6.08. The third-order valence-electron chi connectivity index (χ3n) is 3.11. The van der Waals surface area contributed by atoms with Crippen LogP contribution in [-0.4, -0.2) is 54.8 Å². The van der Waals surface area contributed by atoms with E-state index in [0.717, 1.165) is 0 Å². The average molecular weight is 259 g/mol. The molecule has 3 N–H and O–H groups in total. The Labute approximate surface area is 107 Å². The second kappa shape index (κ2) is 5.24. The van der Waals surface area contributed by atoms with Crippen molar-refractivity contribution in [2.24, 2.45) is 5.73 Å². The number of aliphatic hydroxyl groups excluding tert-OH is 1. The fourth-order valence-corrected chi connectivity index (χ4v) is 2.18. The van der Waals surface area contributed by atoms with E-state index >= 15 is 0 Å². The van der Waals surface area contributed by atoms with E-state index in [0.29, 0.717) is 13.2 Å². The summed E-state index contributed by atoms with van der Waals surface area (Å²) in [6.45, 7) is 7.80. The predicted molar refractivity (Wildman–Crippen MR) is 63.7 cm³/mol. The van der Waals surface area contributed by atoms with Gasteiger partial charge in [0.15, 0.2) is 12.1 Å². The largest absolute Gasteiger partial charge is 0.388 e. The normalized spacial score (nSPS) is 43.2. The molecule has 6 heteroatoms. The maximum absolute atomic E-state index is 10.2. The van der Waals surface area contributed by atoms with Gasteiger partial charge in [-0.15, -0.1) is 6.58 Å². The Balaban J connectivity index is 2.04. The van der Waals surface area contributed by atoms with Crippen LogP contribution in [-0.2, 0) is 18.9 Å². The smallest absolute Gasteiger partial charge is 0.176 e. The second-order valence-electron chi connectivity index (χ2n) is 5.03. The number of rotatable bonds is 3. The van der Waals surface area contributed by atoms with Crippen LogP contribution >= 0.6 is 0 Å². The summed E-state index contributed by atoms with van der Waals surface area (Å²) in [5, 5.41) is 10.2. The van der Waals surface area contributed by atoms with E-state index in [2.05, 4.69) is 6.58 Å². The van der Waals surface area contributed by atoms with Crippen LogP contribution in [0.5, 0.6) is 0 Å². The number of fused-ring (bicyclic) bond motifs is 1. The molecule has 2 aliphatic heterocycles. The summed E-state index contributed by atoms with van der Waals surface area (Å²) >= 11 is 0. The summed E-state index contributed by atoms with van der Waals surface area (Å²) in [5.74, 6) is -0.736. The Morgan fingerprint density at radius 3 is 2.94 bits per heavy atom. The number of hydrogen-bond donors (Lipinski definition) is 2. The summed E-state index contributed by atoms with van der Waals surface area (Å²) in [4.78, 5) is 0. The minimum absolute atomic E-state index is 0.315. The third kappa shape index (κ3) is 2.74. The summed E-state index contributed by atoms with van der Waals surface area (Å²) < 4.78 is 22.2. The summed E-state index contributed by atoms with van der Waals surface area (Å²) in [6, 6.07) is -0.653. The highest BCUT2D eigenvalue weighted by atomic mass is 16.8. The molecule has 0 unspecified atom stereocenters. The highest BCUT2D eigenvalue weighted by molar-refractivity contribution is 4.95. The molecule has 0 aliphatic carbocycles. The van der Waals surface area contributed by atoms with E-state index in [1.54, 1.807) is 19.9 Å². The molecule has 2 saturated heterocycles. The van der Waals surface area contributed by atoms with E-state index in [4.69, 9.17) is 24.7 Å². The van der Waals surface area contributed by atoms with Gasteiger partial charge in [0.2, 0.25) is 0 Å². The third-order valence-corrected chi connectivity index (χ3v) is 3.11. The molecular weight excluding hydrogens is 238 g/mol. The van der Waals surface area contributed by atoms with Gasteiger partial charge >= 0.3 is 0 Å². The first-order chi connectivity index (χ1) is 8.44. The lowest BCUT2D eigenvalue weighted by atomic mass is 9.96. The molecular formula is C12H21NO5. The molecule has 2 rings (SSSR count). The molecule has 2 aliphatic rings. The van der Waals surface area contributed by atoms with Gasteiger partial charge in [-0.3, -0.25) is 0 Å². The van der Waals surface area contributed by atoms with Crippen LogP contribution in [0.2, 0.25) is 0 Å². The molecule has 0 bridgehead atoms. The quantitative estimate of drug-likeness (QED) is 0.680. The van der Waals surface area contributed by atoms with Crippen LogP contribution in [0.1, 0.15) is 13.8 Å². The summed E-state index contributed by atoms with van der Waals surface area (Å²) in [6.07, 6.45) is -0.782. The Bertz CT molecular complexity index is 307. The molecule has 0 spiro atoms. The monoisotopic (exact) mass is 259 g/mol. The zero-order chi connectivity index (χ0) is 13.3. The molecule has 2 fully saturated rings. The lowest BCUT2D eigenvalue weighted by Crippen LogP contribution is -2.67. The van der Waals surface area contributed by atoms with Gasteiger partial charge in [-0.1, -0.05) is 6.08 Å². The molecule has 0 radical (unpaired) electrons. The van der Waals surface area contributed by atoms with Gasteiger partial charge in [0.25, 0.3) is 0 Å². The van der Waals surface area contributed by atoms with E-state index in [1.165, 1.54) is 0 Å². The summed E-state index contributed by atoms with van der Waals surface area (Å²) in [7, 11) is 0. The maximum Gasteiger partial charge on any atom is 0.176 e. The molecule has 0 saturated carbocycles. The topological polar surface area (TPSA) is 83.2 Å². The fourth-order valence-electron chi connectivity index (χ4n) is 2.18. The maximum atomic E-state index is 10.2. The molecule has 2 heterocycles. The molecule has 0 amide bonds. The number of hydrogen-bond acceptors (Lipinski definition) is 6. The van der Waals surface area contributed by atoms with Gasteiger partial charge in [-0.25, -0.2) is 0 Å². The highest BCUT2D eigenvalue weighted by Crippen LogP contribution is 2.31. The SMILES string of the molecule is C=CCO[C@H]1O[C@@H]2COC(C)(C)O[C@H]2[C@H](O)[C@H]1N. The first-order valence-electron chi connectivity index (χ1n) is 6.08. The van der Waals surface area contributed by atoms with E-state index in [-0.39, 0.29) is 6.10 Å². The van der Waals surface area contributed by atoms with Crippen molar-refractivity contribution in [3.05, 3.63) is 12.7 Å². The molecule has 0 aromatic rings. The van der Waals surface area contributed by atoms with Gasteiger partial charge in [-0.05, 0) is 13.8 Å². The van der Waals surface area contributed by atoms with Crippen LogP contribution in [0.15, 0.2) is 12.7 Å². The predicted octanol–water partition coefficient (Wildman–Crippen LogP) is -0.246. The Morgan fingerprint density at radius 2 is 2.28 bits per heavy atom. The second-order valence-corrected chi connectivity index (χ2v) is 5.03. The van der Waals surface area contributed by atoms with Gasteiger partial charge < -0.3 is 29.8 Å². The minimum atomic E-state index is -0.846. The number of nitrogens with two attached hydrogens (primary N) is 1. The van der Waals surface area contributed by atoms with Crippen molar-refractivity contribution in [2.75, 3.05) is 13.2 Å². The number of aliphatic hydroxyl groups is 1. The zero-order valence-electron chi connectivity index (χ0n) is 10.7. The average Bonchev–Trinajstić information content (AvgIpc) is 2.32. The van der Waals surface area contributed by atoms with E-state index in [9.17, 15) is 5.11 Å². The Kier molecular flexibility index (Phi) is 4.05. The van der Waals surface area contributed by atoms with E-state index < -0.39 is 30.3 Å². The van der Waals surface area contributed by atoms with Crippen LogP contribution in [0.3, 0.4) is 0 Å². The molecule has 18 heavy (non-hydrogen) atoms. The lowest BCUT2D eigenvalue weighted by molar-refractivity contribution is -0.366. The Hall–Kier alpha value is -0.500. The minimum Gasteiger partial charge on any atom is -0.388 e. The number of ether oxygens (including phenoxy) is 4. The van der Waals surface area contributed by atoms with Gasteiger partial charge in [0.1, 0.15) is 18.3 Å². The van der Waals surface area contributed by atoms with Crippen molar-refractivity contribution >= 4 is 0 Å². The van der Waals surface area contributed by atoms with Crippen LogP contribution in [0.25, 0.3) is 0 Å². The van der Waals surface area contributed by atoms with Gasteiger partial charge in [0, 0.05) is 0 Å². The van der Waals surface area contributed by atoms with Crippen LogP contribution in [0, 0.1) is 0 Å². The van der Waals surface area contributed by atoms with Crippen molar-refractivity contribution in [1.29, 1.82) is 0 Å². The summed E-state index contributed by atoms with van der Waals surface area (Å²) in [5.41, 5.74) is 5.90. The van der Waals surface area contributed by atoms with Crippen LogP contribution < -0.4 is 5.73 Å². The zero-order valence-corrected chi connectivity index (χ0v) is 10.7. The standard InChI is InChI=1S/C12H21NO5/c1-4-5-15-11-8(13)9(14)10-7(17-11)6-16-12(2,3)18-10/h4,7-11,14H,1,5-6,13H2,2-3H3/t7-,8-,9-,10-,11+/m1/s1. The van der Waals surface area contributed by atoms with Crippen molar-refractivity contribution in [3.63, 3.8) is 0 Å². The molecule has 6 nitrogen and oxygen atoms in total. The highest BCUT2D eigenvalue weighted by Gasteiger charge is 2.49. The van der Waals surface area contributed by atoms with Crippen molar-refractivity contribution in [2.45, 2.75) is 50.3 Å². The lowest BCUT2D eigenvalue weighted by Gasteiger charge is -2.48. The van der Waals surface area contributed by atoms with Gasteiger partial charge in [-0.2, -0.15) is 0 Å². The van der Waals surface area contributed by atoms with Crippen molar-refractivity contribution < 1.29 is 24.1 Å². The molecule has 0 aromatic heterocycles. The first kappa shape index (κ1) is 13.9. The van der Waals surface area contributed by atoms with Crippen LogP contribution in [0.4, 0.5) is 0 Å². The Morgan fingerprint density at radius 1 is 1.56 bits per heavy atom.